The molecule has 0 spiro atoms. The fourth-order valence-electron chi connectivity index (χ4n) is 4.79. The number of carbonyl (C=O) groups is 2. The largest absolute Gasteiger partial charge is 0.493 e. The highest BCUT2D eigenvalue weighted by molar-refractivity contribution is 5.91. The third kappa shape index (κ3) is 6.49. The minimum atomic E-state index is -0.526. The Morgan fingerprint density at radius 3 is 1.11 bits per heavy atom. The number of esters is 2. The summed E-state index contributed by atoms with van der Waals surface area (Å²) in [6, 6.07) is 20.6. The van der Waals surface area contributed by atoms with Crippen LogP contribution in [0.3, 0.4) is 0 Å². The minimum Gasteiger partial charge on any atom is -0.493 e. The summed E-state index contributed by atoms with van der Waals surface area (Å²) in [4.78, 5) is 25.9. The normalized spacial score (nSPS) is 10.4. The molecule has 0 amide bonds. The molecule has 0 heterocycles. The number of ether oxygens (including phenoxy) is 8. The van der Waals surface area contributed by atoms with Crippen LogP contribution in [-0.4, -0.2) is 54.6 Å². The quantitative estimate of drug-likeness (QED) is 0.166. The van der Waals surface area contributed by atoms with Gasteiger partial charge in [-0.3, -0.25) is 0 Å². The Labute approximate surface area is 255 Å². The van der Waals surface area contributed by atoms with Gasteiger partial charge in [0.15, 0.2) is 23.0 Å². The van der Waals surface area contributed by atoms with Crippen LogP contribution in [0.1, 0.15) is 31.8 Å². The molecule has 0 saturated heterocycles. The fraction of sp³-hybridized carbons (Fsp3) is 0.235. The second-order valence-corrected chi connectivity index (χ2v) is 9.24. The molecule has 4 rings (SSSR count). The van der Waals surface area contributed by atoms with Crippen molar-refractivity contribution < 1.29 is 47.5 Å². The van der Waals surface area contributed by atoms with E-state index >= 15 is 0 Å². The maximum absolute atomic E-state index is 13.0. The van der Waals surface area contributed by atoms with Crippen LogP contribution in [0.15, 0.2) is 72.8 Å². The predicted octanol–water partition coefficient (Wildman–Crippen LogP) is 6.12. The molecule has 10 nitrogen and oxygen atoms in total. The second kappa shape index (κ2) is 14.7. The molecule has 10 heteroatoms. The molecule has 0 saturated carbocycles. The highest BCUT2D eigenvalue weighted by atomic mass is 16.5. The van der Waals surface area contributed by atoms with Crippen molar-refractivity contribution in [2.24, 2.45) is 0 Å². The van der Waals surface area contributed by atoms with E-state index in [0.29, 0.717) is 44.9 Å². The van der Waals surface area contributed by atoms with Crippen LogP contribution in [-0.2, 0) is 22.7 Å². The Bertz CT molecular complexity index is 1480. The van der Waals surface area contributed by atoms with Crippen molar-refractivity contribution in [2.45, 2.75) is 13.2 Å². The van der Waals surface area contributed by atoms with E-state index in [4.69, 9.17) is 37.9 Å². The number of hydrogen-bond donors (Lipinski definition) is 0. The zero-order chi connectivity index (χ0) is 31.6. The molecule has 0 atom stereocenters. The van der Waals surface area contributed by atoms with Gasteiger partial charge < -0.3 is 37.9 Å². The van der Waals surface area contributed by atoms with Crippen LogP contribution < -0.4 is 28.4 Å². The van der Waals surface area contributed by atoms with E-state index in [1.54, 1.807) is 60.7 Å². The third-order valence-electron chi connectivity index (χ3n) is 6.81. The Kier molecular flexibility index (Phi) is 10.5. The van der Waals surface area contributed by atoms with Crippen molar-refractivity contribution in [3.8, 4) is 45.6 Å². The molecule has 0 bridgehead atoms. The van der Waals surface area contributed by atoms with Gasteiger partial charge in [0.1, 0.15) is 13.2 Å². The summed E-state index contributed by atoms with van der Waals surface area (Å²) in [6.07, 6.45) is 0. The summed E-state index contributed by atoms with van der Waals surface area (Å²) >= 11 is 0. The first-order valence-corrected chi connectivity index (χ1v) is 13.5. The number of benzene rings is 4. The van der Waals surface area contributed by atoms with Gasteiger partial charge in [-0.25, -0.2) is 9.59 Å². The summed E-state index contributed by atoms with van der Waals surface area (Å²) in [5.41, 5.74) is 2.64. The van der Waals surface area contributed by atoms with E-state index in [9.17, 15) is 9.59 Å². The van der Waals surface area contributed by atoms with E-state index in [1.807, 2.05) is 12.1 Å². The maximum atomic E-state index is 13.0. The van der Waals surface area contributed by atoms with Crippen LogP contribution >= 0.6 is 0 Å². The molecule has 0 radical (unpaired) electrons. The number of carbonyl (C=O) groups excluding carboxylic acids is 2. The average Bonchev–Trinajstić information content (AvgIpc) is 3.08. The Morgan fingerprint density at radius 1 is 0.477 bits per heavy atom. The smallest absolute Gasteiger partial charge is 0.338 e. The molecule has 0 fully saturated rings. The van der Waals surface area contributed by atoms with E-state index < -0.39 is 11.9 Å². The van der Waals surface area contributed by atoms with Crippen molar-refractivity contribution in [3.05, 3.63) is 95.1 Å². The molecule has 0 aliphatic rings. The first-order chi connectivity index (χ1) is 21.4. The lowest BCUT2D eigenvalue weighted by Gasteiger charge is -2.25. The van der Waals surface area contributed by atoms with Gasteiger partial charge in [0.2, 0.25) is 11.5 Å². The molecule has 4 aromatic carbocycles. The molecule has 0 N–H and O–H groups in total. The summed E-state index contributed by atoms with van der Waals surface area (Å²) in [5.74, 6) is 0.728. The molecule has 0 aliphatic carbocycles. The second-order valence-electron chi connectivity index (χ2n) is 9.24. The van der Waals surface area contributed by atoms with Gasteiger partial charge in [-0.1, -0.05) is 36.4 Å². The monoisotopic (exact) mass is 602 g/mol. The topological polar surface area (TPSA) is 108 Å². The third-order valence-corrected chi connectivity index (χ3v) is 6.81. The SMILES string of the molecule is COc1cc(COC(=O)c2ccccc2)c(-c2c(COC(=O)c3ccccc3)cc(OC)c(OC)c2OC)c(OC)c1OC. The predicted molar refractivity (Wildman–Crippen MR) is 162 cm³/mol. The van der Waals surface area contributed by atoms with Crippen molar-refractivity contribution in [2.75, 3.05) is 42.7 Å². The summed E-state index contributed by atoms with van der Waals surface area (Å²) in [5, 5.41) is 0. The van der Waals surface area contributed by atoms with Crippen molar-refractivity contribution >= 4 is 11.9 Å². The molecule has 230 valence electrons. The van der Waals surface area contributed by atoms with Crippen molar-refractivity contribution in [1.82, 2.24) is 0 Å². The summed E-state index contributed by atoms with van der Waals surface area (Å²) in [7, 11) is 8.89. The lowest BCUT2D eigenvalue weighted by molar-refractivity contribution is 0.0462. The van der Waals surface area contributed by atoms with Gasteiger partial charge in [-0.2, -0.15) is 0 Å². The zero-order valence-electron chi connectivity index (χ0n) is 25.4. The van der Waals surface area contributed by atoms with Crippen LogP contribution in [0, 0.1) is 0 Å². The molecule has 0 aliphatic heterocycles. The van der Waals surface area contributed by atoms with E-state index in [2.05, 4.69) is 0 Å². The van der Waals surface area contributed by atoms with Gasteiger partial charge in [-0.15, -0.1) is 0 Å². The Morgan fingerprint density at radius 2 is 0.818 bits per heavy atom. The van der Waals surface area contributed by atoms with Crippen LogP contribution in [0.5, 0.6) is 34.5 Å². The Balaban J connectivity index is 1.94. The summed E-state index contributed by atoms with van der Waals surface area (Å²) < 4.78 is 45.9. The minimum absolute atomic E-state index is 0.180. The average molecular weight is 603 g/mol. The standard InChI is InChI=1S/C34H34O10/c1-37-25-17-23(19-43-33(35)21-13-9-7-10-14-21)27(31(41-5)29(25)39-3)28-24(18-26(38-2)30(40-4)32(28)42-6)20-44-34(36)22-15-11-8-12-16-22/h7-18H,19-20H2,1-6H3. The molecule has 44 heavy (non-hydrogen) atoms. The van der Waals surface area contributed by atoms with Crippen molar-refractivity contribution in [1.29, 1.82) is 0 Å². The van der Waals surface area contributed by atoms with Crippen molar-refractivity contribution in [3.63, 3.8) is 0 Å². The number of rotatable bonds is 13. The molecular weight excluding hydrogens is 568 g/mol. The molecule has 0 aromatic heterocycles. The van der Waals surface area contributed by atoms with Gasteiger partial charge in [0.05, 0.1) is 53.8 Å². The highest BCUT2D eigenvalue weighted by Crippen LogP contribution is 2.54. The molecular formula is C34H34O10. The van der Waals surface area contributed by atoms with Gasteiger partial charge in [-0.05, 0) is 36.4 Å². The molecule has 0 unspecified atom stereocenters. The number of hydrogen-bond acceptors (Lipinski definition) is 10. The van der Waals surface area contributed by atoms with E-state index in [-0.39, 0.29) is 36.2 Å². The van der Waals surface area contributed by atoms with Crippen LogP contribution in [0.4, 0.5) is 0 Å². The first-order valence-electron chi connectivity index (χ1n) is 13.5. The molecule has 4 aromatic rings. The zero-order valence-corrected chi connectivity index (χ0v) is 25.4. The van der Waals surface area contributed by atoms with Gasteiger partial charge in [0.25, 0.3) is 0 Å². The maximum Gasteiger partial charge on any atom is 0.338 e. The van der Waals surface area contributed by atoms with Gasteiger partial charge in [0, 0.05) is 22.3 Å². The van der Waals surface area contributed by atoms with Crippen LogP contribution in [0.2, 0.25) is 0 Å². The first kappa shape index (κ1) is 31.6. The fourth-order valence-corrected chi connectivity index (χ4v) is 4.79. The van der Waals surface area contributed by atoms with Gasteiger partial charge >= 0.3 is 11.9 Å². The van der Waals surface area contributed by atoms with Crippen LogP contribution in [0.25, 0.3) is 11.1 Å². The highest BCUT2D eigenvalue weighted by Gasteiger charge is 2.30. The van der Waals surface area contributed by atoms with E-state index in [0.717, 1.165) is 0 Å². The lowest BCUT2D eigenvalue weighted by Crippen LogP contribution is -2.10. The summed E-state index contributed by atoms with van der Waals surface area (Å²) in [6.45, 7) is -0.360. The lowest BCUT2D eigenvalue weighted by atomic mass is 9.92. The Hall–Kier alpha value is -5.38. The number of methoxy groups -OCH3 is 6. The van der Waals surface area contributed by atoms with E-state index in [1.165, 1.54) is 42.7 Å².